The first-order valence-electron chi connectivity index (χ1n) is 9.72. The molecule has 0 spiro atoms. The van der Waals surface area contributed by atoms with E-state index in [4.69, 9.17) is 4.74 Å². The third-order valence-corrected chi connectivity index (χ3v) is 5.70. The van der Waals surface area contributed by atoms with E-state index in [9.17, 15) is 24.0 Å². The smallest absolute Gasteiger partial charge is 0.338 e. The molecule has 1 aliphatic heterocycles. The summed E-state index contributed by atoms with van der Waals surface area (Å²) in [7, 11) is 1.38. The van der Waals surface area contributed by atoms with Crippen molar-refractivity contribution in [1.82, 2.24) is 4.90 Å². The van der Waals surface area contributed by atoms with Gasteiger partial charge in [-0.2, -0.15) is 0 Å². The van der Waals surface area contributed by atoms with Crippen molar-refractivity contribution in [3.63, 3.8) is 0 Å². The van der Waals surface area contributed by atoms with E-state index in [0.29, 0.717) is 16.3 Å². The molecule has 9 nitrogen and oxygen atoms in total. The Hall–Kier alpha value is -4.31. The molecular formula is C23H17N3O6S. The maximum atomic E-state index is 12.2. The molecule has 0 fully saturated rings. The number of imide groups is 1. The molecule has 10 heteroatoms. The molecule has 0 radical (unpaired) electrons. The average Bonchev–Trinajstić information content (AvgIpc) is 3.43. The van der Waals surface area contributed by atoms with E-state index in [1.54, 1.807) is 29.6 Å². The van der Waals surface area contributed by atoms with Gasteiger partial charge in [0.05, 0.1) is 21.6 Å². The van der Waals surface area contributed by atoms with Gasteiger partial charge in [-0.15, -0.1) is 11.3 Å². The maximum absolute atomic E-state index is 12.2. The van der Waals surface area contributed by atoms with Crippen LogP contribution in [0.2, 0.25) is 0 Å². The highest BCUT2D eigenvalue weighted by Crippen LogP contribution is 2.24. The van der Waals surface area contributed by atoms with Gasteiger partial charge >= 0.3 is 5.97 Å². The molecule has 2 heterocycles. The van der Waals surface area contributed by atoms with E-state index in [1.165, 1.54) is 48.7 Å². The van der Waals surface area contributed by atoms with Gasteiger partial charge in [-0.25, -0.2) is 4.79 Å². The second-order valence-electron chi connectivity index (χ2n) is 7.06. The molecule has 0 bridgehead atoms. The molecule has 0 saturated heterocycles. The van der Waals surface area contributed by atoms with Gasteiger partial charge in [-0.05, 0) is 53.9 Å². The van der Waals surface area contributed by atoms with Crippen molar-refractivity contribution in [2.75, 3.05) is 24.3 Å². The van der Waals surface area contributed by atoms with Crippen molar-refractivity contribution in [3.8, 4) is 0 Å². The SMILES string of the molecule is CN1C(=O)c2ccc(NC(=O)COC(=O)c3ccc(NC(=O)c4cccs4)cc3)cc2C1=O. The number of ether oxygens (including phenoxy) is 1. The summed E-state index contributed by atoms with van der Waals surface area (Å²) in [5.74, 6) is -2.42. The molecule has 4 amide bonds. The lowest BCUT2D eigenvalue weighted by atomic mass is 10.1. The molecule has 1 aliphatic rings. The second-order valence-corrected chi connectivity index (χ2v) is 8.01. The zero-order valence-electron chi connectivity index (χ0n) is 17.3. The van der Waals surface area contributed by atoms with Crippen molar-refractivity contribution in [2.24, 2.45) is 0 Å². The fourth-order valence-corrected chi connectivity index (χ4v) is 3.76. The Kier molecular flexibility index (Phi) is 6.01. The number of anilines is 2. The normalized spacial score (nSPS) is 12.3. The van der Waals surface area contributed by atoms with Crippen molar-refractivity contribution < 1.29 is 28.7 Å². The van der Waals surface area contributed by atoms with Gasteiger partial charge in [-0.3, -0.25) is 24.1 Å². The number of benzene rings is 2. The lowest BCUT2D eigenvalue weighted by Crippen LogP contribution is -2.24. The zero-order chi connectivity index (χ0) is 23.5. The first kappa shape index (κ1) is 21.9. The van der Waals surface area contributed by atoms with Crippen LogP contribution in [0.25, 0.3) is 0 Å². The lowest BCUT2D eigenvalue weighted by molar-refractivity contribution is -0.119. The van der Waals surface area contributed by atoms with Crippen LogP contribution in [0, 0.1) is 0 Å². The van der Waals surface area contributed by atoms with Gasteiger partial charge in [0, 0.05) is 18.4 Å². The molecule has 33 heavy (non-hydrogen) atoms. The zero-order valence-corrected chi connectivity index (χ0v) is 18.1. The Morgan fingerprint density at radius 2 is 1.61 bits per heavy atom. The summed E-state index contributed by atoms with van der Waals surface area (Å²) < 4.78 is 5.02. The lowest BCUT2D eigenvalue weighted by Gasteiger charge is -2.08. The van der Waals surface area contributed by atoms with Gasteiger partial charge in [0.25, 0.3) is 23.6 Å². The third kappa shape index (κ3) is 4.65. The van der Waals surface area contributed by atoms with Gasteiger partial charge < -0.3 is 15.4 Å². The summed E-state index contributed by atoms with van der Waals surface area (Å²) in [6, 6.07) is 13.9. The van der Waals surface area contributed by atoms with E-state index < -0.39 is 30.3 Å². The number of hydrogen-bond acceptors (Lipinski definition) is 7. The summed E-state index contributed by atoms with van der Waals surface area (Å²) in [5.41, 5.74) is 1.49. The molecule has 1 aromatic heterocycles. The monoisotopic (exact) mass is 463 g/mol. The molecule has 0 aliphatic carbocycles. The first-order chi connectivity index (χ1) is 15.8. The summed E-state index contributed by atoms with van der Waals surface area (Å²) in [6.07, 6.45) is 0. The Morgan fingerprint density at radius 1 is 0.909 bits per heavy atom. The minimum absolute atomic E-state index is 0.198. The fraction of sp³-hybridized carbons (Fsp3) is 0.0870. The van der Waals surface area contributed by atoms with E-state index in [0.717, 1.165) is 4.90 Å². The van der Waals surface area contributed by atoms with Gasteiger partial charge in [0.2, 0.25) is 0 Å². The van der Waals surface area contributed by atoms with Gasteiger partial charge in [-0.1, -0.05) is 6.07 Å². The number of fused-ring (bicyclic) bond motifs is 1. The Balaban J connectivity index is 1.30. The summed E-state index contributed by atoms with van der Waals surface area (Å²) in [6.45, 7) is -0.542. The topological polar surface area (TPSA) is 122 Å². The van der Waals surface area contributed by atoms with Crippen LogP contribution in [0.4, 0.5) is 11.4 Å². The van der Waals surface area contributed by atoms with E-state index in [2.05, 4.69) is 10.6 Å². The Morgan fingerprint density at radius 3 is 2.30 bits per heavy atom. The van der Waals surface area contributed by atoms with Crippen molar-refractivity contribution >= 4 is 52.3 Å². The predicted molar refractivity (Wildman–Crippen MR) is 120 cm³/mol. The molecule has 2 N–H and O–H groups in total. The number of carbonyl (C=O) groups is 5. The van der Waals surface area contributed by atoms with Crippen LogP contribution < -0.4 is 10.6 Å². The van der Waals surface area contributed by atoms with Crippen LogP contribution in [0.1, 0.15) is 40.7 Å². The van der Waals surface area contributed by atoms with E-state index in [1.807, 2.05) is 0 Å². The van der Waals surface area contributed by atoms with Crippen LogP contribution >= 0.6 is 11.3 Å². The summed E-state index contributed by atoms with van der Waals surface area (Å²) >= 11 is 1.32. The standard InChI is InChI=1S/C23H17N3O6S/c1-26-21(29)16-9-8-15(11-17(16)22(26)30)24-19(27)12-32-23(31)13-4-6-14(7-5-13)25-20(28)18-3-2-10-33-18/h2-11H,12H2,1H3,(H,24,27)(H,25,28). The molecular weight excluding hydrogens is 446 g/mol. The minimum atomic E-state index is -0.711. The van der Waals surface area contributed by atoms with Crippen LogP contribution in [0.3, 0.4) is 0 Å². The van der Waals surface area contributed by atoms with Gasteiger partial charge in [0.15, 0.2) is 6.61 Å². The number of carbonyl (C=O) groups excluding carboxylic acids is 5. The van der Waals surface area contributed by atoms with E-state index in [-0.39, 0.29) is 22.6 Å². The van der Waals surface area contributed by atoms with Crippen molar-refractivity contribution in [3.05, 3.63) is 81.5 Å². The molecule has 2 aromatic carbocycles. The van der Waals surface area contributed by atoms with Crippen molar-refractivity contribution in [1.29, 1.82) is 0 Å². The van der Waals surface area contributed by atoms with Crippen LogP contribution in [0.15, 0.2) is 60.0 Å². The largest absolute Gasteiger partial charge is 0.452 e. The predicted octanol–water partition coefficient (Wildman–Crippen LogP) is 3.02. The molecule has 0 unspecified atom stereocenters. The quantitative estimate of drug-likeness (QED) is 0.428. The van der Waals surface area contributed by atoms with Crippen LogP contribution in [-0.2, 0) is 9.53 Å². The molecule has 4 rings (SSSR count). The highest BCUT2D eigenvalue weighted by Gasteiger charge is 2.32. The fourth-order valence-electron chi connectivity index (χ4n) is 3.14. The molecule has 0 atom stereocenters. The maximum Gasteiger partial charge on any atom is 0.338 e. The number of esters is 1. The number of hydrogen-bond donors (Lipinski definition) is 2. The number of rotatable bonds is 6. The number of thiophene rings is 1. The summed E-state index contributed by atoms with van der Waals surface area (Å²) in [4.78, 5) is 62.0. The average molecular weight is 463 g/mol. The first-order valence-corrected chi connectivity index (χ1v) is 10.6. The molecule has 3 aromatic rings. The molecule has 0 saturated carbocycles. The highest BCUT2D eigenvalue weighted by atomic mass is 32.1. The number of nitrogens with one attached hydrogen (secondary N) is 2. The van der Waals surface area contributed by atoms with Gasteiger partial charge in [0.1, 0.15) is 0 Å². The number of amides is 4. The highest BCUT2D eigenvalue weighted by molar-refractivity contribution is 7.12. The second kappa shape index (κ2) is 9.05. The van der Waals surface area contributed by atoms with E-state index >= 15 is 0 Å². The minimum Gasteiger partial charge on any atom is -0.452 e. The third-order valence-electron chi connectivity index (χ3n) is 4.83. The Bertz CT molecular complexity index is 1270. The van der Waals surface area contributed by atoms with Crippen LogP contribution in [-0.4, -0.2) is 48.2 Å². The Labute approximate surface area is 192 Å². The number of nitrogens with zero attached hydrogens (tertiary/aromatic N) is 1. The summed E-state index contributed by atoms with van der Waals surface area (Å²) in [5, 5.41) is 7.05. The van der Waals surface area contributed by atoms with Crippen molar-refractivity contribution in [2.45, 2.75) is 0 Å². The van der Waals surface area contributed by atoms with Crippen LogP contribution in [0.5, 0.6) is 0 Å². The molecule has 166 valence electrons.